The molecule has 0 spiro atoms. The molecule has 0 saturated heterocycles. The lowest BCUT2D eigenvalue weighted by Gasteiger charge is -2.20. The van der Waals surface area contributed by atoms with Gasteiger partial charge in [0.2, 0.25) is 0 Å². The second-order valence-corrected chi connectivity index (χ2v) is 7.31. The van der Waals surface area contributed by atoms with Crippen molar-refractivity contribution in [3.05, 3.63) is 60.2 Å². The van der Waals surface area contributed by atoms with Crippen molar-refractivity contribution in [3.8, 4) is 17.2 Å². The number of rotatable bonds is 5. The molecule has 0 aliphatic carbocycles. The minimum absolute atomic E-state index is 0.0661. The zero-order valence-electron chi connectivity index (χ0n) is 15.9. The van der Waals surface area contributed by atoms with E-state index >= 15 is 0 Å². The van der Waals surface area contributed by atoms with Crippen LogP contribution < -0.4 is 10.1 Å². The van der Waals surface area contributed by atoms with Crippen molar-refractivity contribution in [3.63, 3.8) is 0 Å². The minimum atomic E-state index is -0.704. The second kappa shape index (κ2) is 7.61. The maximum atomic E-state index is 12.3. The van der Waals surface area contributed by atoms with Crippen molar-refractivity contribution in [2.45, 2.75) is 39.2 Å². The summed E-state index contributed by atoms with van der Waals surface area (Å²) in [6.07, 6.45) is -0.704. The van der Waals surface area contributed by atoms with Gasteiger partial charge in [0.1, 0.15) is 5.75 Å². The highest BCUT2D eigenvalue weighted by Crippen LogP contribution is 2.25. The normalized spacial score (nSPS) is 12.4. The van der Waals surface area contributed by atoms with Crippen molar-refractivity contribution < 1.29 is 14.1 Å². The van der Waals surface area contributed by atoms with Crippen LogP contribution in [0.15, 0.2) is 59.1 Å². The van der Waals surface area contributed by atoms with E-state index in [1.165, 1.54) is 5.56 Å². The van der Waals surface area contributed by atoms with Crippen LogP contribution in [0.5, 0.6) is 5.75 Å². The molecule has 0 radical (unpaired) electrons. The minimum Gasteiger partial charge on any atom is -0.481 e. The molecule has 0 aliphatic rings. The lowest BCUT2D eigenvalue weighted by Crippen LogP contribution is -2.30. The van der Waals surface area contributed by atoms with Gasteiger partial charge in [0.15, 0.2) is 6.10 Å². The van der Waals surface area contributed by atoms with E-state index in [4.69, 9.17) is 9.26 Å². The van der Waals surface area contributed by atoms with Gasteiger partial charge < -0.3 is 9.26 Å². The molecule has 3 aromatic rings. The fourth-order valence-electron chi connectivity index (χ4n) is 2.48. The van der Waals surface area contributed by atoms with Crippen molar-refractivity contribution >= 4 is 11.9 Å². The third kappa shape index (κ3) is 4.73. The Labute approximate surface area is 158 Å². The summed E-state index contributed by atoms with van der Waals surface area (Å²) >= 11 is 0. The monoisotopic (exact) mass is 365 g/mol. The molecule has 6 nitrogen and oxygen atoms in total. The van der Waals surface area contributed by atoms with Crippen LogP contribution in [0.2, 0.25) is 0 Å². The number of aromatic nitrogens is 2. The fraction of sp³-hybridized carbons (Fsp3) is 0.286. The van der Waals surface area contributed by atoms with E-state index in [9.17, 15) is 4.79 Å². The molecular formula is C21H23N3O3. The Morgan fingerprint density at radius 2 is 1.74 bits per heavy atom. The smallest absolute Gasteiger partial charge is 0.270 e. The molecule has 2 aromatic carbocycles. The second-order valence-electron chi connectivity index (χ2n) is 7.31. The first-order valence-corrected chi connectivity index (χ1v) is 8.80. The predicted molar refractivity (Wildman–Crippen MR) is 104 cm³/mol. The van der Waals surface area contributed by atoms with Crippen LogP contribution in [-0.4, -0.2) is 22.2 Å². The van der Waals surface area contributed by atoms with Crippen LogP contribution in [0.25, 0.3) is 11.5 Å². The maximum absolute atomic E-state index is 12.3. The standard InChI is InChI=1S/C21H23N3O3/c1-14(26-17-12-10-16(11-13-17)21(2,3)4)18(25)22-20-23-19(27-24-20)15-8-6-5-7-9-15/h5-14H,1-4H3,(H,22,24,25)/t14-/m0/s1. The highest BCUT2D eigenvalue weighted by Gasteiger charge is 2.19. The van der Waals surface area contributed by atoms with Crippen LogP contribution >= 0.6 is 0 Å². The van der Waals surface area contributed by atoms with Gasteiger partial charge in [0.25, 0.3) is 17.7 Å². The molecule has 0 fully saturated rings. The van der Waals surface area contributed by atoms with Gasteiger partial charge in [-0.3, -0.25) is 10.1 Å². The Kier molecular flexibility index (Phi) is 5.26. The van der Waals surface area contributed by atoms with Crippen molar-refractivity contribution in [1.82, 2.24) is 10.1 Å². The third-order valence-corrected chi connectivity index (χ3v) is 4.08. The summed E-state index contributed by atoms with van der Waals surface area (Å²) in [4.78, 5) is 16.5. The Hall–Kier alpha value is -3.15. The van der Waals surface area contributed by atoms with E-state index < -0.39 is 6.10 Å². The number of hydrogen-bond donors (Lipinski definition) is 1. The highest BCUT2D eigenvalue weighted by molar-refractivity contribution is 5.92. The molecule has 1 atom stereocenters. The van der Waals surface area contributed by atoms with E-state index in [0.29, 0.717) is 11.6 Å². The largest absolute Gasteiger partial charge is 0.481 e. The van der Waals surface area contributed by atoms with Gasteiger partial charge in [-0.25, -0.2) is 0 Å². The Bertz CT molecular complexity index is 896. The summed E-state index contributed by atoms with van der Waals surface area (Å²) in [5.41, 5.74) is 2.05. The third-order valence-electron chi connectivity index (χ3n) is 4.08. The number of carbonyl (C=O) groups is 1. The quantitative estimate of drug-likeness (QED) is 0.723. The van der Waals surface area contributed by atoms with E-state index in [0.717, 1.165) is 5.56 Å². The summed E-state index contributed by atoms with van der Waals surface area (Å²) in [5.74, 6) is 0.730. The molecule has 1 aromatic heterocycles. The fourth-order valence-corrected chi connectivity index (χ4v) is 2.48. The zero-order chi connectivity index (χ0) is 19.4. The average Bonchev–Trinajstić information content (AvgIpc) is 3.10. The number of ether oxygens (including phenoxy) is 1. The number of nitrogens with one attached hydrogen (secondary N) is 1. The summed E-state index contributed by atoms with van der Waals surface area (Å²) in [6.45, 7) is 8.11. The first-order valence-electron chi connectivity index (χ1n) is 8.80. The highest BCUT2D eigenvalue weighted by atomic mass is 16.5. The molecule has 0 bridgehead atoms. The topological polar surface area (TPSA) is 77.2 Å². The van der Waals surface area contributed by atoms with Crippen LogP contribution in [-0.2, 0) is 10.2 Å². The molecule has 1 amide bonds. The van der Waals surface area contributed by atoms with Gasteiger partial charge >= 0.3 is 0 Å². The van der Waals surface area contributed by atoms with E-state index in [2.05, 4.69) is 36.2 Å². The number of hydrogen-bond acceptors (Lipinski definition) is 5. The molecule has 1 N–H and O–H groups in total. The molecule has 27 heavy (non-hydrogen) atoms. The Morgan fingerprint density at radius 1 is 1.07 bits per heavy atom. The molecule has 0 saturated carbocycles. The Balaban J connectivity index is 1.60. The number of nitrogens with zero attached hydrogens (tertiary/aromatic N) is 2. The summed E-state index contributed by atoms with van der Waals surface area (Å²) in [5, 5.41) is 6.39. The molecule has 140 valence electrons. The molecular weight excluding hydrogens is 342 g/mol. The molecule has 1 heterocycles. The van der Waals surface area contributed by atoms with E-state index in [1.807, 2.05) is 54.6 Å². The molecule has 3 rings (SSSR count). The van der Waals surface area contributed by atoms with Crippen molar-refractivity contribution in [2.75, 3.05) is 5.32 Å². The summed E-state index contributed by atoms with van der Waals surface area (Å²) < 4.78 is 10.9. The lowest BCUT2D eigenvalue weighted by atomic mass is 9.87. The van der Waals surface area contributed by atoms with Gasteiger partial charge in [-0.2, -0.15) is 4.98 Å². The zero-order valence-corrected chi connectivity index (χ0v) is 15.9. The maximum Gasteiger partial charge on any atom is 0.270 e. The van der Waals surface area contributed by atoms with Gasteiger partial charge in [-0.15, -0.1) is 0 Å². The number of anilines is 1. The van der Waals surface area contributed by atoms with Gasteiger partial charge in [-0.1, -0.05) is 51.1 Å². The first-order chi connectivity index (χ1) is 12.8. The van der Waals surface area contributed by atoms with E-state index in [-0.39, 0.29) is 17.3 Å². The number of amides is 1. The van der Waals surface area contributed by atoms with Crippen LogP contribution in [0.3, 0.4) is 0 Å². The number of benzene rings is 2. The van der Waals surface area contributed by atoms with Gasteiger partial charge in [0.05, 0.1) is 0 Å². The average molecular weight is 365 g/mol. The molecule has 6 heteroatoms. The lowest BCUT2D eigenvalue weighted by molar-refractivity contribution is -0.122. The summed E-state index contributed by atoms with van der Waals surface area (Å²) in [7, 11) is 0. The predicted octanol–water partition coefficient (Wildman–Crippen LogP) is 4.44. The Morgan fingerprint density at radius 3 is 2.37 bits per heavy atom. The summed E-state index contributed by atoms with van der Waals surface area (Å²) in [6, 6.07) is 17.1. The van der Waals surface area contributed by atoms with Gasteiger partial charge in [-0.05, 0) is 47.3 Å². The number of carbonyl (C=O) groups excluding carboxylic acids is 1. The molecule has 0 aliphatic heterocycles. The first kappa shape index (κ1) is 18.6. The van der Waals surface area contributed by atoms with Crippen LogP contribution in [0.1, 0.15) is 33.3 Å². The van der Waals surface area contributed by atoms with Gasteiger partial charge in [0, 0.05) is 5.56 Å². The van der Waals surface area contributed by atoms with Crippen LogP contribution in [0.4, 0.5) is 5.95 Å². The van der Waals surface area contributed by atoms with Crippen molar-refractivity contribution in [1.29, 1.82) is 0 Å². The van der Waals surface area contributed by atoms with Crippen molar-refractivity contribution in [2.24, 2.45) is 0 Å². The SMILES string of the molecule is C[C@H](Oc1ccc(C(C)(C)C)cc1)C(=O)Nc1noc(-c2ccccc2)n1. The van der Waals surface area contributed by atoms with Crippen LogP contribution in [0, 0.1) is 0 Å². The van der Waals surface area contributed by atoms with E-state index in [1.54, 1.807) is 6.92 Å². The molecule has 0 unspecified atom stereocenters.